The lowest BCUT2D eigenvalue weighted by Crippen LogP contribution is -2.02. The molecule has 1 N–H and O–H groups in total. The molecule has 0 fully saturated rings. The summed E-state index contributed by atoms with van der Waals surface area (Å²) in [5.41, 5.74) is 2.43. The molecular formula is C13H21O2P. The zero-order chi connectivity index (χ0) is 12.0. The number of unbranched alkanes of at least 4 members (excludes halogenated alkanes) is 1. The monoisotopic (exact) mass is 240 g/mol. The Balaban J connectivity index is 2.74. The molecule has 0 spiro atoms. The molecule has 2 atom stereocenters. The van der Waals surface area contributed by atoms with Gasteiger partial charge < -0.3 is 4.89 Å². The summed E-state index contributed by atoms with van der Waals surface area (Å²) in [6, 6.07) is 8.31. The Morgan fingerprint density at radius 3 is 2.44 bits per heavy atom. The highest BCUT2D eigenvalue weighted by Gasteiger charge is 2.13. The predicted molar refractivity (Wildman–Crippen MR) is 69.5 cm³/mol. The van der Waals surface area contributed by atoms with Gasteiger partial charge >= 0.3 is 0 Å². The normalized spacial score (nSPS) is 14.7. The second-order valence-electron chi connectivity index (χ2n) is 4.35. The first-order chi connectivity index (χ1) is 7.63. The van der Waals surface area contributed by atoms with Crippen molar-refractivity contribution in [2.75, 3.05) is 6.16 Å². The average Bonchev–Trinajstić information content (AvgIpc) is 2.25. The second-order valence-corrected chi connectivity index (χ2v) is 5.54. The average molecular weight is 240 g/mol. The van der Waals surface area contributed by atoms with Crippen molar-refractivity contribution in [2.24, 2.45) is 0 Å². The molecule has 0 aliphatic heterocycles. The molecule has 0 radical (unpaired) electrons. The Hall–Kier alpha value is -0.590. The third-order valence-corrected chi connectivity index (χ3v) is 3.72. The smallest absolute Gasteiger partial charge is 0.189 e. The maximum Gasteiger partial charge on any atom is 0.189 e. The van der Waals surface area contributed by atoms with Gasteiger partial charge in [0, 0.05) is 6.16 Å². The fraction of sp³-hybridized carbons (Fsp3) is 0.538. The summed E-state index contributed by atoms with van der Waals surface area (Å²) in [5, 5.41) is 0. The van der Waals surface area contributed by atoms with Gasteiger partial charge in [-0.3, -0.25) is 4.57 Å². The highest BCUT2D eigenvalue weighted by Crippen LogP contribution is 2.30. The maximum absolute atomic E-state index is 11.0. The minimum Gasteiger partial charge on any atom is -0.346 e. The Kier molecular flexibility index (Phi) is 5.79. The van der Waals surface area contributed by atoms with Crippen LogP contribution in [0, 0.1) is 6.92 Å². The Bertz CT molecular complexity index is 332. The van der Waals surface area contributed by atoms with Gasteiger partial charge in [-0.25, -0.2) is 0 Å². The van der Waals surface area contributed by atoms with Crippen LogP contribution < -0.4 is 0 Å². The van der Waals surface area contributed by atoms with Crippen LogP contribution in [-0.4, -0.2) is 11.1 Å². The van der Waals surface area contributed by atoms with E-state index in [9.17, 15) is 4.57 Å². The van der Waals surface area contributed by atoms with Crippen molar-refractivity contribution in [3.8, 4) is 0 Å². The van der Waals surface area contributed by atoms with Gasteiger partial charge in [0.25, 0.3) is 0 Å². The van der Waals surface area contributed by atoms with Gasteiger partial charge in [0.05, 0.1) is 0 Å². The molecule has 0 saturated carbocycles. The van der Waals surface area contributed by atoms with E-state index < -0.39 is 8.03 Å². The quantitative estimate of drug-likeness (QED) is 0.769. The van der Waals surface area contributed by atoms with Gasteiger partial charge in [0.2, 0.25) is 0 Å². The lowest BCUT2D eigenvalue weighted by Gasteiger charge is -2.15. The van der Waals surface area contributed by atoms with Crippen LogP contribution in [0.1, 0.15) is 43.2 Å². The second kappa shape index (κ2) is 6.88. The van der Waals surface area contributed by atoms with Crippen molar-refractivity contribution >= 4 is 8.03 Å². The van der Waals surface area contributed by atoms with E-state index in [0.29, 0.717) is 6.16 Å². The first-order valence-electron chi connectivity index (χ1n) is 5.91. The molecule has 0 aliphatic carbocycles. The van der Waals surface area contributed by atoms with E-state index in [2.05, 4.69) is 38.1 Å². The van der Waals surface area contributed by atoms with Crippen molar-refractivity contribution in [3.63, 3.8) is 0 Å². The highest BCUT2D eigenvalue weighted by molar-refractivity contribution is 7.38. The van der Waals surface area contributed by atoms with Crippen LogP contribution in [0.3, 0.4) is 0 Å². The van der Waals surface area contributed by atoms with Crippen LogP contribution in [0.15, 0.2) is 24.3 Å². The third-order valence-electron chi connectivity index (χ3n) is 2.88. The van der Waals surface area contributed by atoms with Gasteiger partial charge in [0.1, 0.15) is 0 Å². The fourth-order valence-electron chi connectivity index (χ4n) is 1.89. The van der Waals surface area contributed by atoms with Gasteiger partial charge in [-0.2, -0.15) is 0 Å². The van der Waals surface area contributed by atoms with Crippen molar-refractivity contribution in [1.82, 2.24) is 0 Å². The van der Waals surface area contributed by atoms with E-state index in [-0.39, 0.29) is 5.92 Å². The lowest BCUT2D eigenvalue weighted by atomic mass is 9.95. The lowest BCUT2D eigenvalue weighted by molar-refractivity contribution is 0.492. The summed E-state index contributed by atoms with van der Waals surface area (Å²) in [5.74, 6) is 0.247. The van der Waals surface area contributed by atoms with E-state index in [1.165, 1.54) is 11.1 Å². The zero-order valence-corrected chi connectivity index (χ0v) is 11.1. The summed E-state index contributed by atoms with van der Waals surface area (Å²) in [6.07, 6.45) is 3.69. The Labute approximate surface area is 98.6 Å². The molecule has 1 aromatic carbocycles. The molecule has 2 unspecified atom stereocenters. The molecule has 0 aliphatic rings. The van der Waals surface area contributed by atoms with Crippen LogP contribution >= 0.6 is 8.03 Å². The largest absolute Gasteiger partial charge is 0.346 e. The van der Waals surface area contributed by atoms with Crippen LogP contribution in [0.2, 0.25) is 0 Å². The third kappa shape index (κ3) is 4.51. The van der Waals surface area contributed by atoms with Crippen LogP contribution in [0.25, 0.3) is 0 Å². The molecule has 16 heavy (non-hydrogen) atoms. The summed E-state index contributed by atoms with van der Waals surface area (Å²) < 4.78 is 11.0. The molecule has 0 amide bonds. The van der Waals surface area contributed by atoms with Crippen molar-refractivity contribution in [3.05, 3.63) is 35.4 Å². The number of hydrogen-bond donors (Lipinski definition) is 1. The van der Waals surface area contributed by atoms with Crippen LogP contribution in [-0.2, 0) is 4.57 Å². The molecule has 1 aromatic rings. The van der Waals surface area contributed by atoms with Crippen molar-refractivity contribution < 1.29 is 9.46 Å². The summed E-state index contributed by atoms with van der Waals surface area (Å²) in [4.78, 5) is 9.08. The minimum atomic E-state index is -2.37. The SMILES string of the molecule is CCCCC(C[PH](=O)O)c1ccc(C)cc1. The molecule has 0 heterocycles. The van der Waals surface area contributed by atoms with E-state index in [0.717, 1.165) is 19.3 Å². The van der Waals surface area contributed by atoms with E-state index in [1.54, 1.807) is 0 Å². The Morgan fingerprint density at radius 1 is 1.31 bits per heavy atom. The number of hydrogen-bond acceptors (Lipinski definition) is 1. The molecule has 0 saturated heterocycles. The van der Waals surface area contributed by atoms with Gasteiger partial charge in [-0.05, 0) is 24.8 Å². The standard InChI is InChI=1S/C13H21O2P/c1-3-4-5-13(10-16(14)15)12-8-6-11(2)7-9-12/h6-9,13,16H,3-5,10H2,1-2H3,(H,14,15). The molecule has 0 bridgehead atoms. The van der Waals surface area contributed by atoms with E-state index in [4.69, 9.17) is 4.89 Å². The zero-order valence-electron chi connectivity index (χ0n) is 10.1. The van der Waals surface area contributed by atoms with Gasteiger partial charge in [-0.15, -0.1) is 0 Å². The Morgan fingerprint density at radius 2 is 1.94 bits per heavy atom. The first-order valence-corrected chi connectivity index (χ1v) is 7.48. The predicted octanol–water partition coefficient (Wildman–Crippen LogP) is 3.74. The van der Waals surface area contributed by atoms with E-state index >= 15 is 0 Å². The molecule has 1 rings (SSSR count). The molecular weight excluding hydrogens is 219 g/mol. The number of rotatable bonds is 6. The molecule has 0 aromatic heterocycles. The van der Waals surface area contributed by atoms with Crippen molar-refractivity contribution in [1.29, 1.82) is 0 Å². The maximum atomic E-state index is 11.0. The summed E-state index contributed by atoms with van der Waals surface area (Å²) in [6.45, 7) is 4.20. The number of aryl methyl sites for hydroxylation is 1. The fourth-order valence-corrected chi connectivity index (χ4v) is 2.75. The molecule has 3 heteroatoms. The molecule has 2 nitrogen and oxygen atoms in total. The molecule has 90 valence electrons. The minimum absolute atomic E-state index is 0.247. The number of benzene rings is 1. The summed E-state index contributed by atoms with van der Waals surface area (Å²) in [7, 11) is -2.37. The van der Waals surface area contributed by atoms with Crippen LogP contribution in [0.5, 0.6) is 0 Å². The van der Waals surface area contributed by atoms with Gasteiger partial charge in [0.15, 0.2) is 8.03 Å². The topological polar surface area (TPSA) is 37.3 Å². The van der Waals surface area contributed by atoms with Crippen LogP contribution in [0.4, 0.5) is 0 Å². The van der Waals surface area contributed by atoms with Gasteiger partial charge in [-0.1, -0.05) is 49.6 Å². The highest BCUT2D eigenvalue weighted by atomic mass is 31.1. The van der Waals surface area contributed by atoms with E-state index in [1.807, 2.05) is 0 Å². The summed E-state index contributed by atoms with van der Waals surface area (Å²) >= 11 is 0. The first kappa shape index (κ1) is 13.5. The van der Waals surface area contributed by atoms with Crippen molar-refractivity contribution in [2.45, 2.75) is 39.0 Å².